The SMILES string of the molecule is CNc1cc(Sc2ncccc2Br)nc(C(C)(C)C)n1. The maximum atomic E-state index is 4.64. The van der Waals surface area contributed by atoms with Crippen molar-refractivity contribution in [3.63, 3.8) is 0 Å². The highest BCUT2D eigenvalue weighted by molar-refractivity contribution is 9.10. The van der Waals surface area contributed by atoms with E-state index in [1.54, 1.807) is 6.20 Å². The molecule has 6 heteroatoms. The molecule has 2 rings (SSSR count). The van der Waals surface area contributed by atoms with Crippen molar-refractivity contribution in [2.75, 3.05) is 12.4 Å². The van der Waals surface area contributed by atoms with E-state index in [0.29, 0.717) is 0 Å². The summed E-state index contributed by atoms with van der Waals surface area (Å²) in [7, 11) is 1.86. The Hall–Kier alpha value is -1.14. The Morgan fingerprint density at radius 2 is 2.00 bits per heavy atom. The minimum absolute atomic E-state index is 0.0937. The first-order chi connectivity index (χ1) is 9.40. The Balaban J connectivity index is 2.39. The van der Waals surface area contributed by atoms with E-state index in [1.165, 1.54) is 11.8 Å². The number of halogens is 1. The van der Waals surface area contributed by atoms with Crippen molar-refractivity contribution >= 4 is 33.5 Å². The van der Waals surface area contributed by atoms with Crippen LogP contribution in [0.5, 0.6) is 0 Å². The number of nitrogens with one attached hydrogen (secondary N) is 1. The van der Waals surface area contributed by atoms with Crippen LogP contribution >= 0.6 is 27.7 Å². The van der Waals surface area contributed by atoms with E-state index in [1.807, 2.05) is 25.2 Å². The highest BCUT2D eigenvalue weighted by Crippen LogP contribution is 2.32. The number of rotatable bonds is 3. The topological polar surface area (TPSA) is 50.7 Å². The highest BCUT2D eigenvalue weighted by atomic mass is 79.9. The molecular formula is C14H17BrN4S. The molecule has 0 fully saturated rings. The summed E-state index contributed by atoms with van der Waals surface area (Å²) in [6.45, 7) is 6.31. The Kier molecular flexibility index (Phi) is 4.65. The number of nitrogens with zero attached hydrogens (tertiary/aromatic N) is 3. The number of pyridine rings is 1. The molecule has 0 saturated carbocycles. The van der Waals surface area contributed by atoms with E-state index in [4.69, 9.17) is 0 Å². The van der Waals surface area contributed by atoms with Crippen LogP contribution in [0.4, 0.5) is 5.82 Å². The van der Waals surface area contributed by atoms with Crippen LogP contribution < -0.4 is 5.32 Å². The molecule has 2 aromatic rings. The molecule has 2 aromatic heterocycles. The zero-order valence-electron chi connectivity index (χ0n) is 11.9. The Morgan fingerprint density at radius 3 is 2.60 bits per heavy atom. The molecule has 0 aliphatic rings. The van der Waals surface area contributed by atoms with Crippen LogP contribution in [0.2, 0.25) is 0 Å². The molecule has 0 aromatic carbocycles. The highest BCUT2D eigenvalue weighted by Gasteiger charge is 2.19. The second-order valence-corrected chi connectivity index (χ2v) is 7.17. The van der Waals surface area contributed by atoms with Gasteiger partial charge in [0, 0.05) is 24.7 Å². The van der Waals surface area contributed by atoms with Crippen molar-refractivity contribution in [1.29, 1.82) is 0 Å². The summed E-state index contributed by atoms with van der Waals surface area (Å²) in [5.74, 6) is 1.64. The molecule has 0 spiro atoms. The lowest BCUT2D eigenvalue weighted by molar-refractivity contribution is 0.539. The lowest BCUT2D eigenvalue weighted by Crippen LogP contribution is -2.17. The molecule has 106 valence electrons. The van der Waals surface area contributed by atoms with Crippen molar-refractivity contribution < 1.29 is 0 Å². The van der Waals surface area contributed by atoms with Gasteiger partial charge in [0.25, 0.3) is 0 Å². The normalized spacial score (nSPS) is 11.4. The zero-order chi connectivity index (χ0) is 14.8. The molecular weight excluding hydrogens is 336 g/mol. The molecule has 20 heavy (non-hydrogen) atoms. The summed E-state index contributed by atoms with van der Waals surface area (Å²) in [4.78, 5) is 13.5. The fourth-order valence-corrected chi connectivity index (χ4v) is 2.76. The second kappa shape index (κ2) is 6.10. The summed E-state index contributed by atoms with van der Waals surface area (Å²) in [6.07, 6.45) is 1.78. The minimum Gasteiger partial charge on any atom is -0.373 e. The molecule has 0 aliphatic carbocycles. The van der Waals surface area contributed by atoms with Crippen LogP contribution in [-0.2, 0) is 5.41 Å². The van der Waals surface area contributed by atoms with Crippen LogP contribution in [-0.4, -0.2) is 22.0 Å². The van der Waals surface area contributed by atoms with Gasteiger partial charge in [-0.1, -0.05) is 20.8 Å². The van der Waals surface area contributed by atoms with Gasteiger partial charge in [-0.25, -0.2) is 15.0 Å². The second-order valence-electron chi connectivity index (χ2n) is 5.31. The molecule has 0 amide bonds. The number of aromatic nitrogens is 3. The Bertz CT molecular complexity index is 610. The van der Waals surface area contributed by atoms with Gasteiger partial charge in [0.15, 0.2) is 0 Å². The average Bonchev–Trinajstić information content (AvgIpc) is 2.40. The lowest BCUT2D eigenvalue weighted by Gasteiger charge is -2.18. The van der Waals surface area contributed by atoms with Crippen molar-refractivity contribution in [2.24, 2.45) is 0 Å². The molecule has 0 atom stereocenters. The van der Waals surface area contributed by atoms with Gasteiger partial charge in [-0.05, 0) is 39.8 Å². The van der Waals surface area contributed by atoms with E-state index in [2.05, 4.69) is 57.0 Å². The standard InChI is InChI=1S/C14H17BrN4S/c1-14(2,3)13-18-10(16-4)8-11(19-13)20-12-9(15)6-5-7-17-12/h5-8H,1-4H3,(H,16,18,19). The fourth-order valence-electron chi connectivity index (χ4n) is 1.49. The number of anilines is 1. The molecule has 0 radical (unpaired) electrons. The zero-order valence-corrected chi connectivity index (χ0v) is 14.3. The predicted molar refractivity (Wildman–Crippen MR) is 86.3 cm³/mol. The van der Waals surface area contributed by atoms with E-state index in [-0.39, 0.29) is 5.41 Å². The van der Waals surface area contributed by atoms with Gasteiger partial charge in [-0.3, -0.25) is 0 Å². The van der Waals surface area contributed by atoms with Gasteiger partial charge < -0.3 is 5.32 Å². The third-order valence-corrected chi connectivity index (χ3v) is 4.39. The summed E-state index contributed by atoms with van der Waals surface area (Å²) in [5.41, 5.74) is -0.0937. The van der Waals surface area contributed by atoms with Crippen molar-refractivity contribution in [1.82, 2.24) is 15.0 Å². The molecule has 0 unspecified atom stereocenters. The minimum atomic E-state index is -0.0937. The first kappa shape index (κ1) is 15.3. The smallest absolute Gasteiger partial charge is 0.137 e. The summed E-state index contributed by atoms with van der Waals surface area (Å²) in [5, 5.41) is 4.86. The van der Waals surface area contributed by atoms with Crippen molar-refractivity contribution in [3.8, 4) is 0 Å². The maximum absolute atomic E-state index is 4.64. The Morgan fingerprint density at radius 1 is 1.25 bits per heavy atom. The van der Waals surface area contributed by atoms with Gasteiger partial charge in [-0.15, -0.1) is 0 Å². The molecule has 0 aliphatic heterocycles. The largest absolute Gasteiger partial charge is 0.373 e. The van der Waals surface area contributed by atoms with Gasteiger partial charge in [0.2, 0.25) is 0 Å². The van der Waals surface area contributed by atoms with Crippen molar-refractivity contribution in [3.05, 3.63) is 34.7 Å². The third kappa shape index (κ3) is 3.70. The monoisotopic (exact) mass is 352 g/mol. The van der Waals surface area contributed by atoms with Crippen LogP contribution in [0.1, 0.15) is 26.6 Å². The van der Waals surface area contributed by atoms with Gasteiger partial charge in [0.05, 0.1) is 4.47 Å². The molecule has 1 N–H and O–H groups in total. The number of hydrogen-bond acceptors (Lipinski definition) is 5. The first-order valence-electron chi connectivity index (χ1n) is 6.26. The van der Waals surface area contributed by atoms with E-state index in [0.717, 1.165) is 26.2 Å². The summed E-state index contributed by atoms with van der Waals surface area (Å²) >= 11 is 5.03. The fraction of sp³-hybridized carbons (Fsp3) is 0.357. The van der Waals surface area contributed by atoms with Gasteiger partial charge in [0.1, 0.15) is 21.7 Å². The lowest BCUT2D eigenvalue weighted by atomic mass is 9.96. The van der Waals surface area contributed by atoms with Crippen LogP contribution in [0.25, 0.3) is 0 Å². The summed E-state index contributed by atoms with van der Waals surface area (Å²) < 4.78 is 0.965. The maximum Gasteiger partial charge on any atom is 0.137 e. The van der Waals surface area contributed by atoms with Crippen molar-refractivity contribution in [2.45, 2.75) is 36.2 Å². The quantitative estimate of drug-likeness (QED) is 0.841. The van der Waals surface area contributed by atoms with Crippen LogP contribution in [0.3, 0.4) is 0 Å². The summed E-state index contributed by atoms with van der Waals surface area (Å²) in [6, 6.07) is 5.80. The molecule has 0 saturated heterocycles. The molecule has 0 bridgehead atoms. The van der Waals surface area contributed by atoms with Gasteiger partial charge in [-0.2, -0.15) is 0 Å². The first-order valence-corrected chi connectivity index (χ1v) is 7.87. The predicted octanol–water partition coefficient (Wildman–Crippen LogP) is 4.12. The van der Waals surface area contributed by atoms with E-state index >= 15 is 0 Å². The van der Waals surface area contributed by atoms with Gasteiger partial charge >= 0.3 is 0 Å². The van der Waals surface area contributed by atoms with Crippen LogP contribution in [0, 0.1) is 0 Å². The number of hydrogen-bond donors (Lipinski definition) is 1. The Labute approximate surface area is 132 Å². The molecule has 4 nitrogen and oxygen atoms in total. The van der Waals surface area contributed by atoms with E-state index < -0.39 is 0 Å². The van der Waals surface area contributed by atoms with Crippen LogP contribution in [0.15, 0.2) is 38.9 Å². The van der Waals surface area contributed by atoms with E-state index in [9.17, 15) is 0 Å². The molecule has 2 heterocycles. The third-order valence-electron chi connectivity index (χ3n) is 2.56. The average molecular weight is 353 g/mol.